The van der Waals surface area contributed by atoms with Gasteiger partial charge in [0.2, 0.25) is 0 Å². The molecule has 2 saturated heterocycles. The Balaban J connectivity index is 1.42. The summed E-state index contributed by atoms with van der Waals surface area (Å²) in [4.78, 5) is 33.3. The zero-order valence-electron chi connectivity index (χ0n) is 24.6. The van der Waals surface area contributed by atoms with Gasteiger partial charge in [-0.2, -0.15) is 0 Å². The molecule has 2 aliphatic heterocycles. The third-order valence-electron chi connectivity index (χ3n) is 8.41. The van der Waals surface area contributed by atoms with E-state index in [9.17, 15) is 9.59 Å². The molecule has 4 heterocycles. The number of benzene rings is 3. The Bertz CT molecular complexity index is 1800. The van der Waals surface area contributed by atoms with E-state index in [4.69, 9.17) is 4.74 Å². The van der Waals surface area contributed by atoms with Crippen LogP contribution in [0.15, 0.2) is 108 Å². The maximum absolute atomic E-state index is 14.7. The van der Waals surface area contributed by atoms with Gasteiger partial charge in [-0.3, -0.25) is 13.9 Å². The summed E-state index contributed by atoms with van der Waals surface area (Å²) in [7, 11) is 0. The highest BCUT2D eigenvalue weighted by atomic mass is 16.5. The summed E-state index contributed by atoms with van der Waals surface area (Å²) in [6, 6.07) is 29.9. The summed E-state index contributed by atoms with van der Waals surface area (Å²) in [5.74, 6) is -0.132. The zero-order valence-corrected chi connectivity index (χ0v) is 24.6. The van der Waals surface area contributed by atoms with Gasteiger partial charge in [-0.05, 0) is 48.0 Å². The number of morpholine rings is 1. The molecule has 7 rings (SSSR count). The lowest BCUT2D eigenvalue weighted by Crippen LogP contribution is -2.47. The first-order chi connectivity index (χ1) is 21.7. The molecule has 0 atom stereocenters. The van der Waals surface area contributed by atoms with Crippen LogP contribution in [0.25, 0.3) is 22.6 Å². The lowest BCUT2D eigenvalue weighted by Gasteiger charge is -2.29. The van der Waals surface area contributed by atoms with Crippen molar-refractivity contribution < 1.29 is 9.53 Å². The number of carbonyl (C=O) groups excluding carboxylic acids is 1. The first-order valence-corrected chi connectivity index (χ1v) is 15.2. The highest BCUT2D eigenvalue weighted by Crippen LogP contribution is 2.30. The fraction of sp³-hybridized carbons (Fsp3) is 0.257. The molecule has 2 aromatic heterocycles. The summed E-state index contributed by atoms with van der Waals surface area (Å²) in [5.41, 5.74) is 5.28. The number of carbonyl (C=O) groups is 1. The maximum Gasteiger partial charge on any atom is 0.334 e. The van der Waals surface area contributed by atoms with Crippen molar-refractivity contribution in [1.82, 2.24) is 23.9 Å². The monoisotopic (exact) mass is 588 g/mol. The number of ether oxygens (including phenoxy) is 1. The van der Waals surface area contributed by atoms with E-state index >= 15 is 0 Å². The van der Waals surface area contributed by atoms with E-state index in [1.54, 1.807) is 9.13 Å². The molecule has 3 aromatic carbocycles. The Kier molecular flexibility index (Phi) is 7.87. The van der Waals surface area contributed by atoms with E-state index in [2.05, 4.69) is 28.4 Å². The second-order valence-corrected chi connectivity index (χ2v) is 11.2. The first kappa shape index (κ1) is 27.9. The Hall–Kier alpha value is -4.86. The van der Waals surface area contributed by atoms with Gasteiger partial charge in [-0.1, -0.05) is 48.5 Å². The third-order valence-corrected chi connectivity index (χ3v) is 8.41. The maximum atomic E-state index is 14.7. The number of anilines is 1. The highest BCUT2D eigenvalue weighted by Gasteiger charge is 2.31. The first-order valence-electron chi connectivity index (χ1n) is 15.2. The molecule has 9 heteroatoms. The van der Waals surface area contributed by atoms with Crippen LogP contribution in [0.5, 0.6) is 0 Å². The Morgan fingerprint density at radius 2 is 1.45 bits per heavy atom. The molecule has 0 spiro atoms. The molecule has 1 amide bonds. The average molecular weight is 589 g/mol. The molecule has 2 fully saturated rings. The summed E-state index contributed by atoms with van der Waals surface area (Å²) in [5, 5.41) is 3.34. The van der Waals surface area contributed by atoms with Crippen LogP contribution in [0.4, 0.5) is 5.69 Å². The molecule has 5 aromatic rings. The summed E-state index contributed by atoms with van der Waals surface area (Å²) >= 11 is 0. The number of rotatable bonds is 7. The molecule has 224 valence electrons. The van der Waals surface area contributed by atoms with Gasteiger partial charge in [0.05, 0.1) is 31.1 Å². The molecule has 1 N–H and O–H groups in total. The van der Waals surface area contributed by atoms with Gasteiger partial charge < -0.3 is 24.4 Å². The van der Waals surface area contributed by atoms with Gasteiger partial charge in [0.15, 0.2) is 0 Å². The summed E-state index contributed by atoms with van der Waals surface area (Å²) < 4.78 is 11.0. The molecule has 0 bridgehead atoms. The topological polar surface area (TPSA) is 76.7 Å². The largest absolute Gasteiger partial charge is 0.378 e. The van der Waals surface area contributed by atoms with E-state index in [1.165, 1.54) is 0 Å². The molecular weight excluding hydrogens is 552 g/mol. The van der Waals surface area contributed by atoms with Gasteiger partial charge in [0.25, 0.3) is 5.91 Å². The van der Waals surface area contributed by atoms with Crippen LogP contribution in [0.2, 0.25) is 0 Å². The lowest BCUT2D eigenvalue weighted by atomic mass is 10.1. The number of aromatic nitrogens is 3. The zero-order chi connectivity index (χ0) is 29.9. The normalized spacial score (nSPS) is 15.5. The summed E-state index contributed by atoms with van der Waals surface area (Å²) in [6.07, 6.45) is 3.99. The number of imidazole rings is 1. The number of hydrogen-bond donors (Lipinski definition) is 1. The van der Waals surface area contributed by atoms with Crippen LogP contribution in [0, 0.1) is 0 Å². The number of hydrogen-bond acceptors (Lipinski definition) is 5. The minimum atomic E-state index is -0.243. The second kappa shape index (κ2) is 12.4. The van der Waals surface area contributed by atoms with E-state index in [1.807, 2.05) is 94.7 Å². The van der Waals surface area contributed by atoms with Crippen LogP contribution in [0.1, 0.15) is 16.1 Å². The van der Waals surface area contributed by atoms with E-state index in [-0.39, 0.29) is 18.1 Å². The molecule has 0 saturated carbocycles. The van der Waals surface area contributed by atoms with Gasteiger partial charge in [-0.15, -0.1) is 0 Å². The van der Waals surface area contributed by atoms with E-state index in [0.29, 0.717) is 37.7 Å². The molecule has 9 nitrogen and oxygen atoms in total. The second-order valence-electron chi connectivity index (χ2n) is 11.2. The predicted octanol–water partition coefficient (Wildman–Crippen LogP) is 4.03. The predicted molar refractivity (Wildman–Crippen MR) is 172 cm³/mol. The van der Waals surface area contributed by atoms with Crippen molar-refractivity contribution in [2.45, 2.75) is 6.54 Å². The molecule has 2 aliphatic rings. The molecule has 0 radical (unpaired) electrons. The Labute approximate surface area is 256 Å². The standard InChI is InChI=1S/C35H36N6O3/c42-34(39-18-14-36-15-19-39)33-32(28-9-2-1-3-10-28)41(31-13-7-12-30(25-31)38-20-22-44-23-21-38)35(43)40(33)26-27-8-6-11-29(24-27)37-16-4-5-17-37/h1-13,16-17,24-25,36H,14-15,18-23,26H2. The minimum absolute atomic E-state index is 0.132. The average Bonchev–Trinajstić information content (AvgIpc) is 3.73. The van der Waals surface area contributed by atoms with Crippen molar-refractivity contribution in [3.63, 3.8) is 0 Å². The van der Waals surface area contributed by atoms with Crippen molar-refractivity contribution in [3.05, 3.63) is 125 Å². The van der Waals surface area contributed by atoms with Crippen LogP contribution < -0.4 is 15.9 Å². The van der Waals surface area contributed by atoms with Crippen LogP contribution in [-0.4, -0.2) is 77.0 Å². The number of amides is 1. The lowest BCUT2D eigenvalue weighted by molar-refractivity contribution is 0.0725. The molecule has 0 aliphatic carbocycles. The van der Waals surface area contributed by atoms with Crippen LogP contribution >= 0.6 is 0 Å². The van der Waals surface area contributed by atoms with Crippen LogP contribution in [-0.2, 0) is 11.3 Å². The summed E-state index contributed by atoms with van der Waals surface area (Å²) in [6.45, 7) is 5.78. The molecule has 0 unspecified atom stereocenters. The van der Waals surface area contributed by atoms with E-state index < -0.39 is 0 Å². The van der Waals surface area contributed by atoms with Crippen molar-refractivity contribution in [2.24, 2.45) is 0 Å². The van der Waals surface area contributed by atoms with Crippen LogP contribution in [0.3, 0.4) is 0 Å². The quantitative estimate of drug-likeness (QED) is 0.311. The number of nitrogens with zero attached hydrogens (tertiary/aromatic N) is 5. The minimum Gasteiger partial charge on any atom is -0.378 e. The van der Waals surface area contributed by atoms with Gasteiger partial charge >= 0.3 is 5.69 Å². The van der Waals surface area contributed by atoms with Crippen molar-refractivity contribution in [1.29, 1.82) is 0 Å². The smallest absolute Gasteiger partial charge is 0.334 e. The number of nitrogens with one attached hydrogen (secondary N) is 1. The van der Waals surface area contributed by atoms with Crippen molar-refractivity contribution in [3.8, 4) is 22.6 Å². The highest BCUT2D eigenvalue weighted by molar-refractivity contribution is 5.99. The molecule has 44 heavy (non-hydrogen) atoms. The molecular formula is C35H36N6O3. The fourth-order valence-corrected chi connectivity index (χ4v) is 6.18. The van der Waals surface area contributed by atoms with Crippen molar-refractivity contribution in [2.75, 3.05) is 57.4 Å². The van der Waals surface area contributed by atoms with Gasteiger partial charge in [-0.25, -0.2) is 4.79 Å². The Morgan fingerprint density at radius 3 is 2.23 bits per heavy atom. The van der Waals surface area contributed by atoms with Gasteiger partial charge in [0, 0.05) is 68.6 Å². The van der Waals surface area contributed by atoms with Crippen molar-refractivity contribution >= 4 is 11.6 Å². The number of piperazine rings is 1. The fourth-order valence-electron chi connectivity index (χ4n) is 6.18. The third kappa shape index (κ3) is 5.47. The van der Waals surface area contributed by atoms with E-state index in [0.717, 1.165) is 54.4 Å². The van der Waals surface area contributed by atoms with Gasteiger partial charge in [0.1, 0.15) is 5.69 Å². The SMILES string of the molecule is O=C(c1c(-c2ccccc2)n(-c2cccc(N3CCOCC3)c2)c(=O)n1Cc1cccc(-n2cccc2)c1)N1CCNCC1. The Morgan fingerprint density at radius 1 is 0.750 bits per heavy atom.